The Bertz CT molecular complexity index is 408. The molecule has 0 radical (unpaired) electrons. The first-order valence-corrected chi connectivity index (χ1v) is 7.22. The molecule has 2 nitrogen and oxygen atoms in total. The summed E-state index contributed by atoms with van der Waals surface area (Å²) in [6.07, 6.45) is 5.31. The Kier molecular flexibility index (Phi) is 5.20. The van der Waals surface area contributed by atoms with Gasteiger partial charge in [0.15, 0.2) is 0 Å². The number of rotatable bonds is 5. The van der Waals surface area contributed by atoms with Crippen molar-refractivity contribution in [3.8, 4) is 5.75 Å². The van der Waals surface area contributed by atoms with Crippen molar-refractivity contribution in [1.82, 2.24) is 5.32 Å². The number of ether oxygens (including phenoxy) is 1. The molecule has 2 atom stereocenters. The molecule has 1 aromatic carbocycles. The molecule has 0 amide bonds. The molecule has 3 heteroatoms. The molecule has 19 heavy (non-hydrogen) atoms. The molecule has 1 aliphatic rings. The van der Waals surface area contributed by atoms with Crippen LogP contribution in [0.1, 0.15) is 38.2 Å². The largest absolute Gasteiger partial charge is 0.497 e. The maximum Gasteiger partial charge on any atom is 0.131 e. The zero-order chi connectivity index (χ0) is 13.7. The molecule has 1 fully saturated rings. The number of hydrogen-bond donors (Lipinski definition) is 1. The van der Waals surface area contributed by atoms with Crippen molar-refractivity contribution in [2.24, 2.45) is 11.8 Å². The lowest BCUT2D eigenvalue weighted by molar-refractivity contribution is 0.274. The number of hydrogen-bond acceptors (Lipinski definition) is 2. The highest BCUT2D eigenvalue weighted by atomic mass is 19.1. The monoisotopic (exact) mass is 265 g/mol. The second kappa shape index (κ2) is 6.90. The van der Waals surface area contributed by atoms with Crippen LogP contribution >= 0.6 is 0 Å². The van der Waals surface area contributed by atoms with Crippen LogP contribution in [0.25, 0.3) is 0 Å². The van der Waals surface area contributed by atoms with Crippen LogP contribution in [0, 0.1) is 17.7 Å². The second-order valence-electron chi connectivity index (χ2n) is 5.73. The van der Waals surface area contributed by atoms with Gasteiger partial charge in [-0.25, -0.2) is 4.39 Å². The zero-order valence-corrected chi connectivity index (χ0v) is 11.9. The summed E-state index contributed by atoms with van der Waals surface area (Å²) in [6, 6.07) is 5.05. The molecule has 1 N–H and O–H groups in total. The predicted octanol–water partition coefficient (Wildman–Crippen LogP) is 3.75. The smallest absolute Gasteiger partial charge is 0.131 e. The van der Waals surface area contributed by atoms with Crippen molar-refractivity contribution in [3.05, 3.63) is 29.6 Å². The molecule has 2 unspecified atom stereocenters. The van der Waals surface area contributed by atoms with Gasteiger partial charge in [0.05, 0.1) is 7.11 Å². The van der Waals surface area contributed by atoms with Crippen LogP contribution in [0.15, 0.2) is 18.2 Å². The number of benzene rings is 1. The second-order valence-corrected chi connectivity index (χ2v) is 5.73. The van der Waals surface area contributed by atoms with E-state index in [1.54, 1.807) is 13.2 Å². The summed E-state index contributed by atoms with van der Waals surface area (Å²) in [5.41, 5.74) is 0.713. The molecule has 1 aliphatic carbocycles. The van der Waals surface area contributed by atoms with Gasteiger partial charge in [-0.05, 0) is 37.3 Å². The van der Waals surface area contributed by atoms with Crippen molar-refractivity contribution in [2.45, 2.75) is 39.2 Å². The summed E-state index contributed by atoms with van der Waals surface area (Å²) in [5, 5.41) is 3.39. The SMILES string of the molecule is COc1ccc(CNCC2CCCC(C)C2)c(F)c1. The summed E-state index contributed by atoms with van der Waals surface area (Å²) >= 11 is 0. The Hall–Kier alpha value is -1.09. The van der Waals surface area contributed by atoms with E-state index < -0.39 is 0 Å². The summed E-state index contributed by atoms with van der Waals surface area (Å²) in [4.78, 5) is 0. The predicted molar refractivity (Wildman–Crippen MR) is 75.8 cm³/mol. The molecule has 0 aromatic heterocycles. The first kappa shape index (κ1) is 14.3. The van der Waals surface area contributed by atoms with E-state index in [4.69, 9.17) is 4.74 Å². The van der Waals surface area contributed by atoms with Crippen LogP contribution in [-0.4, -0.2) is 13.7 Å². The number of methoxy groups -OCH3 is 1. The lowest BCUT2D eigenvalue weighted by Crippen LogP contribution is -2.26. The molecule has 106 valence electrons. The topological polar surface area (TPSA) is 21.3 Å². The number of nitrogens with one attached hydrogen (secondary N) is 1. The van der Waals surface area contributed by atoms with Crippen LogP contribution < -0.4 is 10.1 Å². The average molecular weight is 265 g/mol. The van der Waals surface area contributed by atoms with Crippen molar-refractivity contribution >= 4 is 0 Å². The highest BCUT2D eigenvalue weighted by Crippen LogP contribution is 2.28. The van der Waals surface area contributed by atoms with Gasteiger partial charge in [0.25, 0.3) is 0 Å². The molecule has 0 saturated heterocycles. The van der Waals surface area contributed by atoms with Crippen molar-refractivity contribution in [2.75, 3.05) is 13.7 Å². The summed E-state index contributed by atoms with van der Waals surface area (Å²) in [5.74, 6) is 1.98. The fourth-order valence-corrected chi connectivity index (χ4v) is 2.95. The Labute approximate surface area is 115 Å². The Balaban J connectivity index is 1.79. The van der Waals surface area contributed by atoms with E-state index in [0.717, 1.165) is 18.4 Å². The van der Waals surface area contributed by atoms with E-state index in [-0.39, 0.29) is 5.82 Å². The van der Waals surface area contributed by atoms with Crippen molar-refractivity contribution in [1.29, 1.82) is 0 Å². The standard InChI is InChI=1S/C16H24FNO/c1-12-4-3-5-13(8-12)10-18-11-14-6-7-15(19-2)9-16(14)17/h6-7,9,12-13,18H,3-5,8,10-11H2,1-2H3. The first-order valence-electron chi connectivity index (χ1n) is 7.22. The minimum absolute atomic E-state index is 0.191. The molecule has 0 spiro atoms. The van der Waals surface area contributed by atoms with Gasteiger partial charge in [-0.15, -0.1) is 0 Å². The summed E-state index contributed by atoms with van der Waals surface area (Å²) in [6.45, 7) is 3.92. The molecule has 0 aliphatic heterocycles. The number of halogens is 1. The van der Waals surface area contributed by atoms with E-state index in [2.05, 4.69) is 12.2 Å². The quantitative estimate of drug-likeness (QED) is 0.875. The fraction of sp³-hybridized carbons (Fsp3) is 0.625. The summed E-state index contributed by atoms with van der Waals surface area (Å²) in [7, 11) is 1.55. The van der Waals surface area contributed by atoms with Gasteiger partial charge < -0.3 is 10.1 Å². The van der Waals surface area contributed by atoms with Crippen LogP contribution in [0.5, 0.6) is 5.75 Å². The molecular formula is C16H24FNO. The van der Waals surface area contributed by atoms with Gasteiger partial charge in [0, 0.05) is 18.2 Å². The van der Waals surface area contributed by atoms with E-state index in [1.807, 2.05) is 6.07 Å². The molecule has 2 rings (SSSR count). The van der Waals surface area contributed by atoms with Crippen molar-refractivity contribution in [3.63, 3.8) is 0 Å². The molecule has 0 heterocycles. The molecule has 1 saturated carbocycles. The minimum Gasteiger partial charge on any atom is -0.497 e. The average Bonchev–Trinajstić information content (AvgIpc) is 2.40. The Morgan fingerprint density at radius 3 is 2.89 bits per heavy atom. The van der Waals surface area contributed by atoms with E-state index in [1.165, 1.54) is 31.7 Å². The molecular weight excluding hydrogens is 241 g/mol. The third kappa shape index (κ3) is 4.20. The maximum absolute atomic E-state index is 13.7. The third-order valence-corrected chi connectivity index (χ3v) is 4.05. The normalized spacial score (nSPS) is 23.3. The van der Waals surface area contributed by atoms with Gasteiger partial charge in [-0.1, -0.05) is 25.8 Å². The van der Waals surface area contributed by atoms with Gasteiger partial charge in [0.1, 0.15) is 11.6 Å². The maximum atomic E-state index is 13.7. The van der Waals surface area contributed by atoms with Crippen LogP contribution in [0.3, 0.4) is 0 Å². The van der Waals surface area contributed by atoms with Crippen LogP contribution in [0.2, 0.25) is 0 Å². The Morgan fingerprint density at radius 1 is 1.37 bits per heavy atom. The minimum atomic E-state index is -0.191. The molecule has 0 bridgehead atoms. The fourth-order valence-electron chi connectivity index (χ4n) is 2.95. The van der Waals surface area contributed by atoms with E-state index >= 15 is 0 Å². The van der Waals surface area contributed by atoms with Crippen LogP contribution in [0.4, 0.5) is 4.39 Å². The third-order valence-electron chi connectivity index (χ3n) is 4.05. The zero-order valence-electron chi connectivity index (χ0n) is 11.9. The van der Waals surface area contributed by atoms with Crippen LogP contribution in [-0.2, 0) is 6.54 Å². The van der Waals surface area contributed by atoms with Gasteiger partial charge in [-0.3, -0.25) is 0 Å². The lowest BCUT2D eigenvalue weighted by Gasteiger charge is -2.26. The van der Waals surface area contributed by atoms with Gasteiger partial charge >= 0.3 is 0 Å². The first-order chi connectivity index (χ1) is 9.19. The Morgan fingerprint density at radius 2 is 2.21 bits per heavy atom. The molecule has 1 aromatic rings. The highest BCUT2D eigenvalue weighted by molar-refractivity contribution is 5.28. The highest BCUT2D eigenvalue weighted by Gasteiger charge is 2.18. The van der Waals surface area contributed by atoms with Gasteiger partial charge in [0.2, 0.25) is 0 Å². The van der Waals surface area contributed by atoms with E-state index in [0.29, 0.717) is 17.9 Å². The van der Waals surface area contributed by atoms with Gasteiger partial charge in [-0.2, -0.15) is 0 Å². The van der Waals surface area contributed by atoms with Crippen molar-refractivity contribution < 1.29 is 9.13 Å². The summed E-state index contributed by atoms with van der Waals surface area (Å²) < 4.78 is 18.7. The lowest BCUT2D eigenvalue weighted by atomic mass is 9.82. The van der Waals surface area contributed by atoms with E-state index in [9.17, 15) is 4.39 Å².